The number of furan rings is 1. The standard InChI is InChI=1S/C28H23FN4O3/c1-5-22-20(17-7-6-8-18(13-17)25(34)33-28(2,3)15-30)14-21-23(26(35)31-4)24(36-27(21)32-22)16-9-11-19(29)12-10-16/h5-14H,1H2,2-4H3,(H,31,35)(H,33,34). The first-order valence-electron chi connectivity index (χ1n) is 11.1. The van der Waals surface area contributed by atoms with E-state index in [4.69, 9.17) is 4.42 Å². The van der Waals surface area contributed by atoms with E-state index in [-0.39, 0.29) is 22.9 Å². The Morgan fingerprint density at radius 1 is 1.11 bits per heavy atom. The van der Waals surface area contributed by atoms with Crippen molar-refractivity contribution in [1.82, 2.24) is 15.6 Å². The maximum atomic E-state index is 13.5. The van der Waals surface area contributed by atoms with E-state index in [9.17, 15) is 19.2 Å². The number of hydrogen-bond donors (Lipinski definition) is 2. The highest BCUT2D eigenvalue weighted by Crippen LogP contribution is 2.36. The maximum Gasteiger partial charge on any atom is 0.255 e. The molecule has 2 N–H and O–H groups in total. The summed E-state index contributed by atoms with van der Waals surface area (Å²) in [7, 11) is 1.51. The Balaban J connectivity index is 1.89. The van der Waals surface area contributed by atoms with Gasteiger partial charge in [-0.3, -0.25) is 9.59 Å². The van der Waals surface area contributed by atoms with Crippen molar-refractivity contribution in [3.8, 4) is 28.5 Å². The molecule has 0 unspecified atom stereocenters. The summed E-state index contributed by atoms with van der Waals surface area (Å²) in [4.78, 5) is 30.2. The van der Waals surface area contributed by atoms with E-state index in [0.717, 1.165) is 0 Å². The molecule has 0 aliphatic heterocycles. The van der Waals surface area contributed by atoms with Crippen LogP contribution in [0.1, 0.15) is 40.3 Å². The fraction of sp³-hybridized carbons (Fsp3) is 0.143. The smallest absolute Gasteiger partial charge is 0.255 e. The van der Waals surface area contributed by atoms with E-state index in [0.29, 0.717) is 33.3 Å². The van der Waals surface area contributed by atoms with Crippen LogP contribution in [-0.4, -0.2) is 29.4 Å². The molecule has 0 bridgehead atoms. The van der Waals surface area contributed by atoms with Crippen molar-refractivity contribution in [3.05, 3.63) is 83.8 Å². The molecular formula is C28H23FN4O3. The molecule has 0 spiro atoms. The molecule has 2 aromatic carbocycles. The maximum absolute atomic E-state index is 13.5. The molecule has 4 rings (SSSR count). The number of hydrogen-bond acceptors (Lipinski definition) is 5. The van der Waals surface area contributed by atoms with E-state index in [1.165, 1.54) is 31.3 Å². The number of aromatic nitrogens is 1. The van der Waals surface area contributed by atoms with Crippen molar-refractivity contribution >= 4 is 29.0 Å². The Hall–Kier alpha value is -4.77. The summed E-state index contributed by atoms with van der Waals surface area (Å²) in [5.74, 6) is -0.937. The monoisotopic (exact) mass is 482 g/mol. The molecule has 0 aliphatic carbocycles. The van der Waals surface area contributed by atoms with Crippen LogP contribution in [0.2, 0.25) is 0 Å². The number of amides is 2. The van der Waals surface area contributed by atoms with Crippen molar-refractivity contribution in [3.63, 3.8) is 0 Å². The third-order valence-corrected chi connectivity index (χ3v) is 5.61. The fourth-order valence-corrected chi connectivity index (χ4v) is 3.79. The molecule has 180 valence electrons. The first-order valence-corrected chi connectivity index (χ1v) is 11.1. The number of fused-ring (bicyclic) bond motifs is 1. The zero-order chi connectivity index (χ0) is 26.0. The molecule has 0 aliphatic rings. The molecule has 4 aromatic rings. The quantitative estimate of drug-likeness (QED) is 0.386. The Morgan fingerprint density at radius 2 is 1.83 bits per heavy atom. The van der Waals surface area contributed by atoms with Gasteiger partial charge in [-0.2, -0.15) is 5.26 Å². The van der Waals surface area contributed by atoms with Gasteiger partial charge in [0.2, 0.25) is 5.71 Å². The summed E-state index contributed by atoms with van der Waals surface area (Å²) in [6, 6.07) is 16.3. The molecule has 8 heteroatoms. The second-order valence-corrected chi connectivity index (χ2v) is 8.64. The van der Waals surface area contributed by atoms with Crippen molar-refractivity contribution in [2.24, 2.45) is 0 Å². The largest absolute Gasteiger partial charge is 0.437 e. The fourth-order valence-electron chi connectivity index (χ4n) is 3.79. The minimum atomic E-state index is -1.03. The van der Waals surface area contributed by atoms with Gasteiger partial charge in [-0.15, -0.1) is 0 Å². The van der Waals surface area contributed by atoms with Crippen LogP contribution >= 0.6 is 0 Å². The Labute approximate surface area is 207 Å². The number of rotatable bonds is 6. The number of halogens is 1. The third-order valence-electron chi connectivity index (χ3n) is 5.61. The lowest BCUT2D eigenvalue weighted by Crippen LogP contribution is -2.42. The van der Waals surface area contributed by atoms with Gasteiger partial charge >= 0.3 is 0 Å². The Morgan fingerprint density at radius 3 is 2.47 bits per heavy atom. The highest BCUT2D eigenvalue weighted by molar-refractivity contribution is 6.11. The molecule has 0 fully saturated rings. The van der Waals surface area contributed by atoms with E-state index in [2.05, 4.69) is 22.2 Å². The van der Waals surface area contributed by atoms with Gasteiger partial charge in [0.05, 0.1) is 22.7 Å². The minimum Gasteiger partial charge on any atom is -0.437 e. The molecule has 2 aromatic heterocycles. The lowest BCUT2D eigenvalue weighted by molar-refractivity contribution is 0.0927. The van der Waals surface area contributed by atoms with Gasteiger partial charge in [-0.25, -0.2) is 9.37 Å². The molecule has 0 saturated carbocycles. The summed E-state index contributed by atoms with van der Waals surface area (Å²) in [6.45, 7) is 7.07. The van der Waals surface area contributed by atoms with Gasteiger partial charge < -0.3 is 15.1 Å². The normalized spacial score (nSPS) is 11.1. The van der Waals surface area contributed by atoms with Gasteiger partial charge in [0, 0.05) is 23.7 Å². The molecule has 0 atom stereocenters. The summed E-state index contributed by atoms with van der Waals surface area (Å²) in [5, 5.41) is 15.0. The number of nitriles is 1. The number of carbonyl (C=O) groups is 2. The van der Waals surface area contributed by atoms with Crippen molar-refractivity contribution < 1.29 is 18.4 Å². The number of carbonyl (C=O) groups excluding carboxylic acids is 2. The number of nitrogens with zero attached hydrogens (tertiary/aromatic N) is 2. The van der Waals surface area contributed by atoms with E-state index in [1.807, 2.05) is 12.1 Å². The van der Waals surface area contributed by atoms with Crippen LogP contribution in [0.15, 0.2) is 65.6 Å². The van der Waals surface area contributed by atoms with Gasteiger partial charge in [0.15, 0.2) is 0 Å². The Bertz CT molecular complexity index is 1550. The first-order chi connectivity index (χ1) is 17.2. The van der Waals surface area contributed by atoms with Crippen LogP contribution < -0.4 is 10.6 Å². The SMILES string of the molecule is C=Cc1nc2oc(-c3ccc(F)cc3)c(C(=O)NC)c2cc1-c1cccc(C(=O)NC(C)(C)C#N)c1. The first kappa shape index (κ1) is 24.4. The topological polar surface area (TPSA) is 108 Å². The van der Waals surface area contributed by atoms with Gasteiger partial charge in [-0.1, -0.05) is 18.7 Å². The van der Waals surface area contributed by atoms with Crippen molar-refractivity contribution in [2.45, 2.75) is 19.4 Å². The van der Waals surface area contributed by atoms with E-state index >= 15 is 0 Å². The predicted molar refractivity (Wildman–Crippen MR) is 135 cm³/mol. The number of benzene rings is 2. The van der Waals surface area contributed by atoms with Crippen LogP contribution in [0, 0.1) is 17.1 Å². The third kappa shape index (κ3) is 4.59. The van der Waals surface area contributed by atoms with Gasteiger partial charge in [0.25, 0.3) is 11.8 Å². The molecule has 2 amide bonds. The van der Waals surface area contributed by atoms with E-state index in [1.54, 1.807) is 44.2 Å². The van der Waals surface area contributed by atoms with Crippen molar-refractivity contribution in [2.75, 3.05) is 7.05 Å². The summed E-state index contributed by atoms with van der Waals surface area (Å²) >= 11 is 0. The number of pyridine rings is 1. The van der Waals surface area contributed by atoms with Crippen molar-refractivity contribution in [1.29, 1.82) is 5.26 Å². The van der Waals surface area contributed by atoms with Crippen LogP contribution in [0.5, 0.6) is 0 Å². The zero-order valence-electron chi connectivity index (χ0n) is 20.0. The lowest BCUT2D eigenvalue weighted by atomic mass is 9.98. The molecule has 0 radical (unpaired) electrons. The second kappa shape index (κ2) is 9.47. The molecular weight excluding hydrogens is 459 g/mol. The van der Waals surface area contributed by atoms with Crippen LogP contribution in [-0.2, 0) is 0 Å². The average molecular weight is 483 g/mol. The summed E-state index contributed by atoms with van der Waals surface area (Å²) in [6.07, 6.45) is 1.56. The Kier molecular flexibility index (Phi) is 6.41. The highest BCUT2D eigenvalue weighted by Gasteiger charge is 2.25. The molecule has 7 nitrogen and oxygen atoms in total. The summed E-state index contributed by atoms with van der Waals surface area (Å²) in [5.41, 5.74) is 2.10. The molecule has 2 heterocycles. The second-order valence-electron chi connectivity index (χ2n) is 8.64. The number of nitrogens with one attached hydrogen (secondary N) is 2. The van der Waals surface area contributed by atoms with Gasteiger partial charge in [-0.05, 0) is 68.0 Å². The average Bonchev–Trinajstić information content (AvgIpc) is 3.26. The lowest BCUT2D eigenvalue weighted by Gasteiger charge is -2.17. The van der Waals surface area contributed by atoms with Crippen LogP contribution in [0.25, 0.3) is 39.6 Å². The zero-order valence-corrected chi connectivity index (χ0v) is 20.0. The van der Waals surface area contributed by atoms with Gasteiger partial charge in [0.1, 0.15) is 17.1 Å². The summed E-state index contributed by atoms with van der Waals surface area (Å²) < 4.78 is 19.5. The van der Waals surface area contributed by atoms with E-state index < -0.39 is 17.3 Å². The van der Waals surface area contributed by atoms with Crippen LogP contribution in [0.4, 0.5) is 4.39 Å². The molecule has 36 heavy (non-hydrogen) atoms. The minimum absolute atomic E-state index is 0.219. The van der Waals surface area contributed by atoms with Crippen LogP contribution in [0.3, 0.4) is 0 Å². The predicted octanol–water partition coefficient (Wildman–Crippen LogP) is 5.34. The highest BCUT2D eigenvalue weighted by atomic mass is 19.1. The molecule has 0 saturated heterocycles.